The Kier molecular flexibility index (Phi) is 7.57. The van der Waals surface area contributed by atoms with Gasteiger partial charge in [-0.05, 0) is 107 Å². The minimum Gasteiger partial charge on any atom is -0.456 e. The summed E-state index contributed by atoms with van der Waals surface area (Å²) in [4.78, 5) is 2.31. The van der Waals surface area contributed by atoms with Gasteiger partial charge >= 0.3 is 0 Å². The van der Waals surface area contributed by atoms with Gasteiger partial charge < -0.3 is 18.3 Å². The van der Waals surface area contributed by atoms with Gasteiger partial charge in [-0.15, -0.1) is 0 Å². The van der Waals surface area contributed by atoms with Gasteiger partial charge in [-0.25, -0.2) is 0 Å². The van der Waals surface area contributed by atoms with Gasteiger partial charge in [0, 0.05) is 66.5 Å². The molecule has 0 amide bonds. The molecule has 0 saturated carbocycles. The zero-order valence-electron chi connectivity index (χ0n) is 33.5. The average molecular weight is 793 g/mol. The highest BCUT2D eigenvalue weighted by molar-refractivity contribution is 6.19. The Morgan fingerprint density at radius 2 is 0.823 bits per heavy atom. The minimum atomic E-state index is 0.859. The Morgan fingerprint density at radius 3 is 1.56 bits per heavy atom. The molecule has 10 aromatic carbocycles. The second-order valence-corrected chi connectivity index (χ2v) is 16.1. The third-order valence-corrected chi connectivity index (χ3v) is 12.6. The van der Waals surface area contributed by atoms with Gasteiger partial charge in [0.05, 0.1) is 11.0 Å². The Bertz CT molecular complexity index is 3850. The SMILES string of the molecule is c1ccc(-n2c3cc(-c4ccc(N(c5ccc(-c6ccc7oc8ccccc8c7c6)cc5)c5ccc6c(c5)oc5ccccc56)cc4)ccc3c3ccc4ccccc4c32)cc1. The first-order valence-corrected chi connectivity index (χ1v) is 21.1. The number of nitrogens with zero attached hydrogens (tertiary/aromatic N) is 2. The highest BCUT2D eigenvalue weighted by Gasteiger charge is 2.19. The standard InChI is InChI=1S/C58H36N2O2/c1-2-11-42(12-3-1)60-53-35-41(23-30-47(53)51-31-22-39-10-4-5-13-46(39)58(51)60)38-20-27-44(28-21-38)59(45-29-32-50-48-14-6-8-16-54(48)62-57(50)36-45)43-25-18-37(19-26-43)40-24-33-56-52(34-40)49-15-7-9-17-55(49)61-56/h1-36H. The molecule has 13 aromatic rings. The molecule has 0 N–H and O–H groups in total. The van der Waals surface area contributed by atoms with Crippen molar-refractivity contribution in [3.63, 3.8) is 0 Å². The van der Waals surface area contributed by atoms with Gasteiger partial charge in [0.25, 0.3) is 0 Å². The van der Waals surface area contributed by atoms with E-state index in [4.69, 9.17) is 8.83 Å². The Morgan fingerprint density at radius 1 is 0.306 bits per heavy atom. The summed E-state index contributed by atoms with van der Waals surface area (Å²) in [6, 6.07) is 78.1. The fourth-order valence-electron chi connectivity index (χ4n) is 9.62. The maximum Gasteiger partial charge on any atom is 0.137 e. The number of hydrogen-bond acceptors (Lipinski definition) is 3. The van der Waals surface area contributed by atoms with E-state index in [2.05, 4.69) is 204 Å². The summed E-state index contributed by atoms with van der Waals surface area (Å²) >= 11 is 0. The van der Waals surface area contributed by atoms with Crippen LogP contribution in [0.3, 0.4) is 0 Å². The zero-order chi connectivity index (χ0) is 40.7. The van der Waals surface area contributed by atoms with Crippen LogP contribution in [0.1, 0.15) is 0 Å². The van der Waals surface area contributed by atoms with Gasteiger partial charge in [0.15, 0.2) is 0 Å². The number of hydrogen-bond donors (Lipinski definition) is 0. The van der Waals surface area contributed by atoms with E-state index in [1.54, 1.807) is 0 Å². The van der Waals surface area contributed by atoms with Crippen LogP contribution in [0.5, 0.6) is 0 Å². The molecule has 4 nitrogen and oxygen atoms in total. The molecule has 62 heavy (non-hydrogen) atoms. The lowest BCUT2D eigenvalue weighted by atomic mass is 10.0. The zero-order valence-corrected chi connectivity index (χ0v) is 33.5. The van der Waals surface area contributed by atoms with Crippen LogP contribution in [0, 0.1) is 0 Å². The van der Waals surface area contributed by atoms with Crippen LogP contribution in [0.15, 0.2) is 227 Å². The smallest absolute Gasteiger partial charge is 0.137 e. The molecule has 4 heteroatoms. The van der Waals surface area contributed by atoms with Crippen molar-refractivity contribution < 1.29 is 8.83 Å². The van der Waals surface area contributed by atoms with Crippen molar-refractivity contribution in [1.29, 1.82) is 0 Å². The molecular formula is C58H36N2O2. The van der Waals surface area contributed by atoms with E-state index in [9.17, 15) is 0 Å². The Hall–Kier alpha value is -8.34. The fourth-order valence-corrected chi connectivity index (χ4v) is 9.62. The normalized spacial score (nSPS) is 11.9. The average Bonchev–Trinajstić information content (AvgIpc) is 4.01. The van der Waals surface area contributed by atoms with Crippen molar-refractivity contribution in [2.75, 3.05) is 4.90 Å². The molecule has 13 rings (SSSR count). The molecule has 0 saturated heterocycles. The summed E-state index contributed by atoms with van der Waals surface area (Å²) in [5.41, 5.74) is 14.8. The lowest BCUT2D eigenvalue weighted by Crippen LogP contribution is -2.09. The van der Waals surface area contributed by atoms with Crippen LogP contribution in [0.25, 0.3) is 104 Å². The Labute approximate surface area is 356 Å². The second kappa shape index (κ2) is 13.6. The molecule has 0 spiro atoms. The second-order valence-electron chi connectivity index (χ2n) is 16.1. The van der Waals surface area contributed by atoms with E-state index in [0.29, 0.717) is 0 Å². The molecule has 0 unspecified atom stereocenters. The van der Waals surface area contributed by atoms with Crippen LogP contribution in [0.2, 0.25) is 0 Å². The third-order valence-electron chi connectivity index (χ3n) is 12.6. The van der Waals surface area contributed by atoms with E-state index >= 15 is 0 Å². The lowest BCUT2D eigenvalue weighted by Gasteiger charge is -2.26. The van der Waals surface area contributed by atoms with Gasteiger partial charge in [-0.1, -0.05) is 133 Å². The van der Waals surface area contributed by atoms with E-state index < -0.39 is 0 Å². The molecule has 0 aliphatic rings. The van der Waals surface area contributed by atoms with Gasteiger partial charge in [0.2, 0.25) is 0 Å². The van der Waals surface area contributed by atoms with Gasteiger partial charge in [0.1, 0.15) is 22.3 Å². The van der Waals surface area contributed by atoms with Crippen molar-refractivity contribution in [2.24, 2.45) is 0 Å². The first-order valence-electron chi connectivity index (χ1n) is 21.1. The highest BCUT2D eigenvalue weighted by atomic mass is 16.3. The number of furan rings is 2. The molecule has 0 aliphatic heterocycles. The number of para-hydroxylation sites is 3. The third kappa shape index (κ3) is 5.40. The predicted octanol–water partition coefficient (Wildman–Crippen LogP) is 16.5. The number of aromatic nitrogens is 1. The fraction of sp³-hybridized carbons (Fsp3) is 0. The largest absolute Gasteiger partial charge is 0.456 e. The van der Waals surface area contributed by atoms with E-state index in [-0.39, 0.29) is 0 Å². The summed E-state index contributed by atoms with van der Waals surface area (Å²) in [6.07, 6.45) is 0. The molecule has 0 radical (unpaired) electrons. The van der Waals surface area contributed by atoms with Crippen molar-refractivity contribution in [3.8, 4) is 27.9 Å². The maximum atomic E-state index is 6.41. The Balaban J connectivity index is 0.923. The van der Waals surface area contributed by atoms with Gasteiger partial charge in [-0.3, -0.25) is 0 Å². The molecule has 0 bridgehead atoms. The van der Waals surface area contributed by atoms with Crippen LogP contribution < -0.4 is 4.90 Å². The molecule has 0 atom stereocenters. The molecule has 3 heterocycles. The van der Waals surface area contributed by atoms with Gasteiger partial charge in [-0.2, -0.15) is 0 Å². The van der Waals surface area contributed by atoms with Crippen molar-refractivity contribution >= 4 is 93.5 Å². The van der Waals surface area contributed by atoms with Crippen molar-refractivity contribution in [1.82, 2.24) is 4.57 Å². The van der Waals surface area contributed by atoms with E-state index in [1.165, 1.54) is 32.6 Å². The minimum absolute atomic E-state index is 0.859. The van der Waals surface area contributed by atoms with Crippen LogP contribution in [-0.4, -0.2) is 4.57 Å². The quantitative estimate of drug-likeness (QED) is 0.168. The van der Waals surface area contributed by atoms with Crippen LogP contribution >= 0.6 is 0 Å². The van der Waals surface area contributed by atoms with Crippen molar-refractivity contribution in [2.45, 2.75) is 0 Å². The molecule has 0 aliphatic carbocycles. The summed E-state index contributed by atoms with van der Waals surface area (Å²) in [5.74, 6) is 0. The summed E-state index contributed by atoms with van der Waals surface area (Å²) < 4.78 is 15.0. The number of fused-ring (bicyclic) bond motifs is 11. The molecular weight excluding hydrogens is 757 g/mol. The highest BCUT2D eigenvalue weighted by Crippen LogP contribution is 2.42. The first kappa shape index (κ1) is 34.5. The monoisotopic (exact) mass is 792 g/mol. The summed E-state index contributed by atoms with van der Waals surface area (Å²) in [6.45, 7) is 0. The summed E-state index contributed by atoms with van der Waals surface area (Å²) in [7, 11) is 0. The van der Waals surface area contributed by atoms with E-state index in [1.807, 2.05) is 24.3 Å². The van der Waals surface area contributed by atoms with Crippen LogP contribution in [0.4, 0.5) is 17.1 Å². The van der Waals surface area contributed by atoms with E-state index in [0.717, 1.165) is 88.9 Å². The number of anilines is 3. The number of rotatable bonds is 6. The predicted molar refractivity (Wildman–Crippen MR) is 258 cm³/mol. The number of benzene rings is 10. The van der Waals surface area contributed by atoms with Crippen molar-refractivity contribution in [3.05, 3.63) is 218 Å². The summed E-state index contributed by atoms with van der Waals surface area (Å²) in [5, 5.41) is 9.45. The molecule has 3 aromatic heterocycles. The lowest BCUT2D eigenvalue weighted by molar-refractivity contribution is 0.668. The molecule has 290 valence electrons. The maximum absolute atomic E-state index is 6.41. The molecule has 0 fully saturated rings. The first-order chi connectivity index (χ1) is 30.7. The van der Waals surface area contributed by atoms with Crippen LogP contribution in [-0.2, 0) is 0 Å². The topological polar surface area (TPSA) is 34.5 Å².